The standard InChI is InChI=1S/C24H48NO8P/c1-6-8-9-10-11-12-13-14-15-17-24(27)33-22(20-30-23(26)16-7-2)21-32-34(28,29)31-19-18-25(3,4)5/h22H,6-21H2,1-5H3. The molecule has 2 unspecified atom stereocenters. The molecule has 0 saturated heterocycles. The van der Waals surface area contributed by atoms with Crippen LogP contribution in [0.4, 0.5) is 0 Å². The van der Waals surface area contributed by atoms with Gasteiger partial charge in [0.25, 0.3) is 7.82 Å². The number of quaternary nitrogens is 1. The maximum absolute atomic E-state index is 12.2. The average Bonchev–Trinajstić information content (AvgIpc) is 2.73. The van der Waals surface area contributed by atoms with Crippen LogP contribution in [-0.4, -0.2) is 70.0 Å². The fourth-order valence-corrected chi connectivity index (χ4v) is 3.77. The van der Waals surface area contributed by atoms with E-state index in [1.165, 1.54) is 32.1 Å². The van der Waals surface area contributed by atoms with Crippen molar-refractivity contribution in [2.75, 3.05) is 47.5 Å². The molecule has 0 rings (SSSR count). The molecule has 0 aliphatic heterocycles. The Morgan fingerprint density at radius 3 is 1.94 bits per heavy atom. The van der Waals surface area contributed by atoms with Gasteiger partial charge >= 0.3 is 11.9 Å². The Morgan fingerprint density at radius 2 is 1.38 bits per heavy atom. The minimum absolute atomic E-state index is 0.0289. The van der Waals surface area contributed by atoms with Crippen LogP contribution in [-0.2, 0) is 32.7 Å². The first kappa shape index (κ1) is 33.0. The summed E-state index contributed by atoms with van der Waals surface area (Å²) in [4.78, 5) is 35.9. The SMILES string of the molecule is CCCCCCCCCCCC(=O)OC(COC(=O)CCC)COP(=O)([O-])OCC[N+](C)(C)C. The van der Waals surface area contributed by atoms with Crippen LogP contribution in [0.1, 0.15) is 90.9 Å². The number of esters is 2. The van der Waals surface area contributed by atoms with Crippen molar-refractivity contribution in [3.8, 4) is 0 Å². The molecule has 0 aromatic rings. The van der Waals surface area contributed by atoms with E-state index in [4.69, 9.17) is 18.5 Å². The molecule has 10 heteroatoms. The van der Waals surface area contributed by atoms with Gasteiger partial charge in [-0.2, -0.15) is 0 Å². The highest BCUT2D eigenvalue weighted by molar-refractivity contribution is 7.45. The van der Waals surface area contributed by atoms with E-state index in [1.807, 2.05) is 28.1 Å². The first-order chi connectivity index (χ1) is 16.0. The van der Waals surface area contributed by atoms with Crippen molar-refractivity contribution in [1.82, 2.24) is 0 Å². The van der Waals surface area contributed by atoms with Gasteiger partial charge in [-0.3, -0.25) is 14.2 Å². The number of likely N-dealkylation sites (N-methyl/N-ethyl adjacent to an activating group) is 1. The predicted octanol–water partition coefficient (Wildman–Crippen LogP) is 4.37. The third kappa shape index (κ3) is 21.5. The Kier molecular flexibility index (Phi) is 18.7. The molecule has 0 aliphatic rings. The summed E-state index contributed by atoms with van der Waals surface area (Å²) in [6, 6.07) is 0. The summed E-state index contributed by atoms with van der Waals surface area (Å²) in [5, 5.41) is 0. The lowest BCUT2D eigenvalue weighted by Gasteiger charge is -2.28. The summed E-state index contributed by atoms with van der Waals surface area (Å²) in [6.45, 7) is 3.76. The number of nitrogens with zero attached hydrogens (tertiary/aromatic N) is 1. The van der Waals surface area contributed by atoms with E-state index in [-0.39, 0.29) is 26.1 Å². The zero-order valence-electron chi connectivity index (χ0n) is 22.1. The minimum atomic E-state index is -4.57. The van der Waals surface area contributed by atoms with E-state index in [2.05, 4.69) is 6.92 Å². The molecule has 0 heterocycles. The van der Waals surface area contributed by atoms with Crippen molar-refractivity contribution < 1.29 is 42.1 Å². The highest BCUT2D eigenvalue weighted by atomic mass is 31.2. The molecule has 0 N–H and O–H groups in total. The Bertz CT molecular complexity index is 594. The Morgan fingerprint density at radius 1 is 0.794 bits per heavy atom. The fourth-order valence-electron chi connectivity index (χ4n) is 3.04. The van der Waals surface area contributed by atoms with E-state index >= 15 is 0 Å². The van der Waals surface area contributed by atoms with Crippen LogP contribution in [0, 0.1) is 0 Å². The summed E-state index contributed by atoms with van der Waals surface area (Å²) >= 11 is 0. The molecule has 9 nitrogen and oxygen atoms in total. The molecule has 34 heavy (non-hydrogen) atoms. The highest BCUT2D eigenvalue weighted by Gasteiger charge is 2.21. The second kappa shape index (κ2) is 19.2. The minimum Gasteiger partial charge on any atom is -0.756 e. The number of carbonyl (C=O) groups is 2. The van der Waals surface area contributed by atoms with Crippen LogP contribution in [0.3, 0.4) is 0 Å². The van der Waals surface area contributed by atoms with Gasteiger partial charge in [-0.15, -0.1) is 0 Å². The number of ether oxygens (including phenoxy) is 2. The number of rotatable bonds is 22. The second-order valence-corrected chi connectivity index (χ2v) is 11.1. The summed E-state index contributed by atoms with van der Waals surface area (Å²) in [6.07, 6.45) is 10.2. The van der Waals surface area contributed by atoms with Gasteiger partial charge in [0.2, 0.25) is 0 Å². The Labute approximate surface area is 206 Å². The van der Waals surface area contributed by atoms with Crippen molar-refractivity contribution in [2.24, 2.45) is 0 Å². The number of unbranched alkanes of at least 4 members (excludes halogenated alkanes) is 8. The lowest BCUT2D eigenvalue weighted by molar-refractivity contribution is -0.870. The van der Waals surface area contributed by atoms with E-state index in [1.54, 1.807) is 0 Å². The second-order valence-electron chi connectivity index (χ2n) is 9.71. The number of phosphoric ester groups is 1. The third-order valence-corrected chi connectivity index (χ3v) is 6.06. The van der Waals surface area contributed by atoms with Crippen LogP contribution in [0.5, 0.6) is 0 Å². The number of carbonyl (C=O) groups excluding carboxylic acids is 2. The van der Waals surface area contributed by atoms with E-state index in [0.29, 0.717) is 23.9 Å². The van der Waals surface area contributed by atoms with Crippen molar-refractivity contribution in [1.29, 1.82) is 0 Å². The zero-order valence-corrected chi connectivity index (χ0v) is 22.9. The fraction of sp³-hybridized carbons (Fsp3) is 0.917. The van der Waals surface area contributed by atoms with Gasteiger partial charge in [0.15, 0.2) is 6.10 Å². The van der Waals surface area contributed by atoms with Gasteiger partial charge in [0.1, 0.15) is 19.8 Å². The van der Waals surface area contributed by atoms with Gasteiger partial charge in [-0.05, 0) is 12.8 Å². The molecule has 0 aliphatic carbocycles. The molecule has 0 aromatic heterocycles. The quantitative estimate of drug-likeness (QED) is 0.0915. The van der Waals surface area contributed by atoms with Crippen molar-refractivity contribution in [3.63, 3.8) is 0 Å². The number of hydrogen-bond acceptors (Lipinski definition) is 8. The van der Waals surface area contributed by atoms with Gasteiger partial charge in [-0.25, -0.2) is 0 Å². The highest BCUT2D eigenvalue weighted by Crippen LogP contribution is 2.38. The van der Waals surface area contributed by atoms with Crippen molar-refractivity contribution in [3.05, 3.63) is 0 Å². The summed E-state index contributed by atoms with van der Waals surface area (Å²) < 4.78 is 32.8. The molecular weight excluding hydrogens is 461 g/mol. The number of hydrogen-bond donors (Lipinski definition) is 0. The average molecular weight is 510 g/mol. The van der Waals surface area contributed by atoms with Crippen LogP contribution in [0.25, 0.3) is 0 Å². The zero-order chi connectivity index (χ0) is 25.9. The van der Waals surface area contributed by atoms with Crippen LogP contribution >= 0.6 is 7.82 Å². The lowest BCUT2D eigenvalue weighted by Crippen LogP contribution is -2.37. The molecule has 0 spiro atoms. The third-order valence-electron chi connectivity index (χ3n) is 5.10. The molecule has 2 atom stereocenters. The lowest BCUT2D eigenvalue weighted by atomic mass is 10.1. The van der Waals surface area contributed by atoms with Crippen molar-refractivity contribution in [2.45, 2.75) is 97.0 Å². The summed E-state index contributed by atoms with van der Waals surface area (Å²) in [7, 11) is 1.16. The van der Waals surface area contributed by atoms with E-state index in [9.17, 15) is 19.0 Å². The molecule has 0 amide bonds. The number of phosphoric acid groups is 1. The van der Waals surface area contributed by atoms with Crippen LogP contribution < -0.4 is 4.89 Å². The Hall–Kier alpha value is -0.990. The molecule has 0 aromatic carbocycles. The van der Waals surface area contributed by atoms with E-state index in [0.717, 1.165) is 19.3 Å². The summed E-state index contributed by atoms with van der Waals surface area (Å²) in [5.74, 6) is -0.901. The largest absolute Gasteiger partial charge is 0.756 e. The maximum atomic E-state index is 12.2. The van der Waals surface area contributed by atoms with E-state index < -0.39 is 32.5 Å². The van der Waals surface area contributed by atoms with Gasteiger partial charge in [-0.1, -0.05) is 65.2 Å². The molecule has 0 bridgehead atoms. The molecule has 0 saturated carbocycles. The van der Waals surface area contributed by atoms with Gasteiger partial charge in [0, 0.05) is 12.8 Å². The van der Waals surface area contributed by atoms with Gasteiger partial charge in [0.05, 0.1) is 27.7 Å². The monoisotopic (exact) mass is 509 g/mol. The Balaban J connectivity index is 4.43. The van der Waals surface area contributed by atoms with Crippen LogP contribution in [0.2, 0.25) is 0 Å². The molecule has 202 valence electrons. The summed E-state index contributed by atoms with van der Waals surface area (Å²) in [5.41, 5.74) is 0. The van der Waals surface area contributed by atoms with Crippen LogP contribution in [0.15, 0.2) is 0 Å². The normalized spacial score (nSPS) is 14.4. The predicted molar refractivity (Wildman–Crippen MR) is 130 cm³/mol. The molecule has 0 radical (unpaired) electrons. The van der Waals surface area contributed by atoms with Gasteiger partial charge < -0.3 is 27.9 Å². The van der Waals surface area contributed by atoms with Crippen molar-refractivity contribution >= 4 is 19.8 Å². The molecular formula is C24H48NO8P. The first-order valence-electron chi connectivity index (χ1n) is 12.7. The topological polar surface area (TPSA) is 111 Å². The first-order valence-corrected chi connectivity index (χ1v) is 14.2. The smallest absolute Gasteiger partial charge is 0.306 e. The molecule has 0 fully saturated rings. The maximum Gasteiger partial charge on any atom is 0.306 e.